The molecular formula is C8H15Cl2N. The Morgan fingerprint density at radius 3 is 2.27 bits per heavy atom. The molecule has 0 radical (unpaired) electrons. The normalized spacial score (nSPS) is 11.5. The summed E-state index contributed by atoms with van der Waals surface area (Å²) < 4.78 is 0. The molecule has 1 N–H and O–H groups in total. The highest BCUT2D eigenvalue weighted by molar-refractivity contribution is 6.22. The first-order valence-electron chi connectivity index (χ1n) is 3.72. The average molecular weight is 196 g/mol. The molecule has 0 spiro atoms. The highest BCUT2D eigenvalue weighted by Gasteiger charge is 2.24. The first kappa shape index (κ1) is 11.3. The monoisotopic (exact) mass is 195 g/mol. The molecule has 0 fully saturated rings. The fourth-order valence-corrected chi connectivity index (χ4v) is 1.59. The Kier molecular flexibility index (Phi) is 6.02. The molecule has 3 heteroatoms. The summed E-state index contributed by atoms with van der Waals surface area (Å²) in [5.74, 6) is 1.09. The van der Waals surface area contributed by atoms with Crippen molar-refractivity contribution in [2.24, 2.45) is 0 Å². The van der Waals surface area contributed by atoms with E-state index in [4.69, 9.17) is 23.2 Å². The maximum absolute atomic E-state index is 5.78. The summed E-state index contributed by atoms with van der Waals surface area (Å²) in [6.07, 6.45) is 2.75. The van der Waals surface area contributed by atoms with Crippen LogP contribution in [0.2, 0.25) is 0 Å². The van der Waals surface area contributed by atoms with E-state index in [0.717, 1.165) is 13.0 Å². The molecule has 1 nitrogen and oxygen atoms in total. The molecule has 11 heavy (non-hydrogen) atoms. The number of halogens is 2. The lowest BCUT2D eigenvalue weighted by Gasteiger charge is -2.28. The van der Waals surface area contributed by atoms with Gasteiger partial charge in [-0.25, -0.2) is 0 Å². The predicted molar refractivity (Wildman–Crippen MR) is 52.7 cm³/mol. The largest absolute Gasteiger partial charge is 0.306 e. The SMILES string of the molecule is C=CCNC(CC)(CCl)CCl. The summed E-state index contributed by atoms with van der Waals surface area (Å²) in [6.45, 7) is 6.45. The summed E-state index contributed by atoms with van der Waals surface area (Å²) in [5.41, 5.74) is -0.114. The van der Waals surface area contributed by atoms with Crippen molar-refractivity contribution in [2.45, 2.75) is 18.9 Å². The van der Waals surface area contributed by atoms with Crippen LogP contribution in [0.4, 0.5) is 0 Å². The van der Waals surface area contributed by atoms with Crippen LogP contribution in [-0.2, 0) is 0 Å². The van der Waals surface area contributed by atoms with Crippen molar-refractivity contribution in [3.8, 4) is 0 Å². The van der Waals surface area contributed by atoms with Crippen LogP contribution in [0.25, 0.3) is 0 Å². The molecule has 0 aromatic rings. The molecule has 0 aliphatic carbocycles. The molecule has 0 amide bonds. The molecule has 0 heterocycles. The fraction of sp³-hybridized carbons (Fsp3) is 0.750. The standard InChI is InChI=1S/C8H15Cl2N/c1-3-5-11-8(4-2,6-9)7-10/h3,11H,1,4-7H2,2H3. The van der Waals surface area contributed by atoms with Crippen molar-refractivity contribution in [3.05, 3.63) is 12.7 Å². The Morgan fingerprint density at radius 1 is 1.45 bits per heavy atom. The molecule has 0 aromatic carbocycles. The van der Waals surface area contributed by atoms with E-state index in [1.807, 2.05) is 6.08 Å². The number of nitrogens with one attached hydrogen (secondary N) is 1. The zero-order chi connectivity index (χ0) is 8.74. The van der Waals surface area contributed by atoms with Gasteiger partial charge in [-0.15, -0.1) is 29.8 Å². The quantitative estimate of drug-likeness (QED) is 0.508. The fourth-order valence-electron chi connectivity index (χ4n) is 0.733. The Hall–Kier alpha value is 0.280. The third-order valence-electron chi connectivity index (χ3n) is 1.81. The zero-order valence-electron chi connectivity index (χ0n) is 6.87. The van der Waals surface area contributed by atoms with Crippen LogP contribution in [0.1, 0.15) is 13.3 Å². The summed E-state index contributed by atoms with van der Waals surface area (Å²) >= 11 is 11.6. The van der Waals surface area contributed by atoms with E-state index in [9.17, 15) is 0 Å². The molecule has 0 saturated heterocycles. The maximum Gasteiger partial charge on any atom is 0.0453 e. The van der Waals surface area contributed by atoms with Crippen LogP contribution < -0.4 is 5.32 Å². The van der Waals surface area contributed by atoms with Crippen LogP contribution >= 0.6 is 23.2 Å². The summed E-state index contributed by atoms with van der Waals surface area (Å²) in [5, 5.41) is 3.25. The van der Waals surface area contributed by atoms with Gasteiger partial charge in [-0.05, 0) is 6.42 Å². The van der Waals surface area contributed by atoms with Crippen molar-refractivity contribution in [1.29, 1.82) is 0 Å². The summed E-state index contributed by atoms with van der Waals surface area (Å²) in [7, 11) is 0. The molecule has 0 rings (SSSR count). The van der Waals surface area contributed by atoms with Crippen molar-refractivity contribution in [2.75, 3.05) is 18.3 Å². The van der Waals surface area contributed by atoms with E-state index < -0.39 is 0 Å². The van der Waals surface area contributed by atoms with Gasteiger partial charge in [0.25, 0.3) is 0 Å². The molecule has 0 aliphatic heterocycles. The summed E-state index contributed by atoms with van der Waals surface area (Å²) in [4.78, 5) is 0. The predicted octanol–water partition coefficient (Wildman–Crippen LogP) is 2.39. The van der Waals surface area contributed by atoms with Crippen LogP contribution in [0.15, 0.2) is 12.7 Å². The van der Waals surface area contributed by atoms with Gasteiger partial charge >= 0.3 is 0 Å². The lowest BCUT2D eigenvalue weighted by atomic mass is 10.0. The highest BCUT2D eigenvalue weighted by Crippen LogP contribution is 2.14. The number of rotatable bonds is 6. The zero-order valence-corrected chi connectivity index (χ0v) is 8.38. The van der Waals surface area contributed by atoms with Gasteiger partial charge in [0.05, 0.1) is 0 Å². The lowest BCUT2D eigenvalue weighted by Crippen LogP contribution is -2.48. The van der Waals surface area contributed by atoms with Gasteiger partial charge < -0.3 is 5.32 Å². The molecule has 66 valence electrons. The van der Waals surface area contributed by atoms with E-state index in [1.54, 1.807) is 0 Å². The minimum absolute atomic E-state index is 0.114. The third kappa shape index (κ3) is 3.46. The first-order valence-corrected chi connectivity index (χ1v) is 4.79. The van der Waals surface area contributed by atoms with Gasteiger partial charge in [0.1, 0.15) is 0 Å². The number of alkyl halides is 2. The highest BCUT2D eigenvalue weighted by atomic mass is 35.5. The second-order valence-corrected chi connectivity index (χ2v) is 3.11. The third-order valence-corrected chi connectivity index (χ3v) is 2.83. The minimum Gasteiger partial charge on any atom is -0.306 e. The molecule has 0 bridgehead atoms. The van der Waals surface area contributed by atoms with E-state index >= 15 is 0 Å². The molecule has 0 saturated carbocycles. The Labute approximate surface area is 78.8 Å². The second-order valence-electron chi connectivity index (χ2n) is 2.57. The molecule has 0 atom stereocenters. The van der Waals surface area contributed by atoms with Crippen LogP contribution in [-0.4, -0.2) is 23.8 Å². The molecule has 0 unspecified atom stereocenters. The van der Waals surface area contributed by atoms with Crippen molar-refractivity contribution in [3.63, 3.8) is 0 Å². The molecular weight excluding hydrogens is 181 g/mol. The lowest BCUT2D eigenvalue weighted by molar-refractivity contribution is 0.406. The Morgan fingerprint density at radius 2 is 2.00 bits per heavy atom. The topological polar surface area (TPSA) is 12.0 Å². The van der Waals surface area contributed by atoms with Crippen molar-refractivity contribution in [1.82, 2.24) is 5.32 Å². The van der Waals surface area contributed by atoms with Crippen LogP contribution in [0.5, 0.6) is 0 Å². The first-order chi connectivity index (χ1) is 5.24. The van der Waals surface area contributed by atoms with Gasteiger partial charge in [0.15, 0.2) is 0 Å². The van der Waals surface area contributed by atoms with Gasteiger partial charge in [-0.3, -0.25) is 0 Å². The molecule has 0 aromatic heterocycles. The van der Waals surface area contributed by atoms with Crippen molar-refractivity contribution >= 4 is 23.2 Å². The van der Waals surface area contributed by atoms with Gasteiger partial charge in [0, 0.05) is 23.8 Å². The van der Waals surface area contributed by atoms with Crippen molar-refractivity contribution < 1.29 is 0 Å². The van der Waals surface area contributed by atoms with Gasteiger partial charge in [-0.2, -0.15) is 0 Å². The minimum atomic E-state index is -0.114. The van der Waals surface area contributed by atoms with E-state index in [0.29, 0.717) is 11.8 Å². The van der Waals surface area contributed by atoms with E-state index in [-0.39, 0.29) is 5.54 Å². The van der Waals surface area contributed by atoms with Crippen LogP contribution in [0, 0.1) is 0 Å². The Balaban J connectivity index is 3.93. The maximum atomic E-state index is 5.78. The van der Waals surface area contributed by atoms with Gasteiger partial charge in [0.2, 0.25) is 0 Å². The average Bonchev–Trinajstić information content (AvgIpc) is 2.08. The Bertz CT molecular complexity index is 102. The second kappa shape index (κ2) is 5.87. The number of hydrogen-bond donors (Lipinski definition) is 1. The van der Waals surface area contributed by atoms with Gasteiger partial charge in [-0.1, -0.05) is 13.0 Å². The number of hydrogen-bond acceptors (Lipinski definition) is 1. The van der Waals surface area contributed by atoms with E-state index in [1.165, 1.54) is 0 Å². The van der Waals surface area contributed by atoms with Crippen LogP contribution in [0.3, 0.4) is 0 Å². The van der Waals surface area contributed by atoms with E-state index in [2.05, 4.69) is 18.8 Å². The smallest absolute Gasteiger partial charge is 0.0453 e. The molecule has 0 aliphatic rings. The summed E-state index contributed by atoms with van der Waals surface area (Å²) in [6, 6.07) is 0.